The van der Waals surface area contributed by atoms with Gasteiger partial charge in [-0.1, -0.05) is 18.2 Å². The Morgan fingerprint density at radius 1 is 1.16 bits per heavy atom. The Kier molecular flexibility index (Phi) is 4.17. The third-order valence-electron chi connectivity index (χ3n) is 3.22. The fourth-order valence-electron chi connectivity index (χ4n) is 2.04. The third-order valence-corrected chi connectivity index (χ3v) is 3.22. The summed E-state index contributed by atoms with van der Waals surface area (Å²) < 4.78 is 18.1. The monoisotopic (exact) mass is 260 g/mol. The Morgan fingerprint density at radius 3 is 2.42 bits per heavy atom. The maximum absolute atomic E-state index is 13.0. The summed E-state index contributed by atoms with van der Waals surface area (Å²) in [6.45, 7) is 1.85. The van der Waals surface area contributed by atoms with Crippen LogP contribution in [0.1, 0.15) is 22.8 Å². The third kappa shape index (κ3) is 3.32. The van der Waals surface area contributed by atoms with Gasteiger partial charge in [0.1, 0.15) is 11.6 Å². The molecule has 1 N–H and O–H groups in total. The Hall–Kier alpha value is -1.87. The van der Waals surface area contributed by atoms with E-state index in [2.05, 4.69) is 0 Å². The maximum Gasteiger partial charge on any atom is 0.123 e. The van der Waals surface area contributed by atoms with Gasteiger partial charge in [-0.05, 0) is 47.9 Å². The molecule has 0 saturated heterocycles. The molecule has 0 aliphatic rings. The van der Waals surface area contributed by atoms with Crippen LogP contribution in [0.3, 0.4) is 0 Å². The number of ether oxygens (including phenoxy) is 1. The maximum atomic E-state index is 13.0. The second kappa shape index (κ2) is 5.85. The van der Waals surface area contributed by atoms with Crippen LogP contribution in [0.5, 0.6) is 5.75 Å². The van der Waals surface area contributed by atoms with E-state index in [9.17, 15) is 9.50 Å². The zero-order chi connectivity index (χ0) is 13.8. The minimum absolute atomic E-state index is 0.250. The first-order valence-electron chi connectivity index (χ1n) is 6.17. The van der Waals surface area contributed by atoms with Crippen LogP contribution >= 0.6 is 0 Å². The summed E-state index contributed by atoms with van der Waals surface area (Å²) >= 11 is 0. The Morgan fingerprint density at radius 2 is 1.84 bits per heavy atom. The Balaban J connectivity index is 2.13. The number of aliphatic hydroxyl groups is 1. The fraction of sp³-hybridized carbons (Fsp3) is 0.250. The lowest BCUT2D eigenvalue weighted by molar-refractivity contribution is 0.178. The molecule has 1 atom stereocenters. The minimum atomic E-state index is -0.602. The van der Waals surface area contributed by atoms with E-state index in [0.29, 0.717) is 6.42 Å². The first kappa shape index (κ1) is 13.6. The van der Waals surface area contributed by atoms with Gasteiger partial charge in [-0.2, -0.15) is 0 Å². The van der Waals surface area contributed by atoms with Gasteiger partial charge in [0.15, 0.2) is 0 Å². The molecule has 0 heterocycles. The predicted molar refractivity (Wildman–Crippen MR) is 72.8 cm³/mol. The fourth-order valence-corrected chi connectivity index (χ4v) is 2.04. The molecule has 0 aliphatic carbocycles. The molecule has 0 amide bonds. The molecule has 2 aromatic rings. The van der Waals surface area contributed by atoms with E-state index < -0.39 is 6.10 Å². The van der Waals surface area contributed by atoms with Crippen molar-refractivity contribution in [3.8, 4) is 5.75 Å². The summed E-state index contributed by atoms with van der Waals surface area (Å²) in [4.78, 5) is 0. The summed E-state index contributed by atoms with van der Waals surface area (Å²) in [5, 5.41) is 10.2. The zero-order valence-electron chi connectivity index (χ0n) is 11.1. The summed E-state index contributed by atoms with van der Waals surface area (Å²) in [5.74, 6) is 0.508. The molecule has 0 radical (unpaired) electrons. The molecule has 1 unspecified atom stereocenters. The van der Waals surface area contributed by atoms with Gasteiger partial charge in [-0.25, -0.2) is 4.39 Å². The van der Waals surface area contributed by atoms with E-state index in [0.717, 1.165) is 22.4 Å². The molecule has 0 aliphatic heterocycles. The molecule has 0 fully saturated rings. The molecule has 2 aromatic carbocycles. The van der Waals surface area contributed by atoms with E-state index in [1.165, 1.54) is 12.1 Å². The van der Waals surface area contributed by atoms with E-state index in [4.69, 9.17) is 4.74 Å². The van der Waals surface area contributed by atoms with Gasteiger partial charge < -0.3 is 9.84 Å². The molecule has 2 nitrogen and oxygen atoms in total. The number of aliphatic hydroxyl groups excluding tert-OH is 1. The predicted octanol–water partition coefficient (Wildman–Crippen LogP) is 3.42. The largest absolute Gasteiger partial charge is 0.497 e. The molecule has 19 heavy (non-hydrogen) atoms. The van der Waals surface area contributed by atoms with Crippen molar-refractivity contribution >= 4 is 0 Å². The van der Waals surface area contributed by atoms with Gasteiger partial charge in [0, 0.05) is 6.42 Å². The van der Waals surface area contributed by atoms with Crippen LogP contribution in [0.15, 0.2) is 42.5 Å². The van der Waals surface area contributed by atoms with Crippen LogP contribution in [0.4, 0.5) is 4.39 Å². The van der Waals surface area contributed by atoms with Crippen molar-refractivity contribution in [1.29, 1.82) is 0 Å². The van der Waals surface area contributed by atoms with Crippen molar-refractivity contribution < 1.29 is 14.2 Å². The van der Waals surface area contributed by atoms with Crippen molar-refractivity contribution in [1.82, 2.24) is 0 Å². The summed E-state index contributed by atoms with van der Waals surface area (Å²) in [5.41, 5.74) is 2.63. The molecule has 0 bridgehead atoms. The molecular formula is C16H17FO2. The van der Waals surface area contributed by atoms with E-state index in [-0.39, 0.29) is 5.82 Å². The smallest absolute Gasteiger partial charge is 0.123 e. The van der Waals surface area contributed by atoms with Crippen LogP contribution in [0, 0.1) is 12.7 Å². The molecule has 2 rings (SSSR count). The lowest BCUT2D eigenvalue weighted by atomic mass is 9.98. The van der Waals surface area contributed by atoms with Gasteiger partial charge in [0.05, 0.1) is 13.2 Å². The van der Waals surface area contributed by atoms with Crippen molar-refractivity contribution in [2.75, 3.05) is 7.11 Å². The lowest BCUT2D eigenvalue weighted by Crippen LogP contribution is -2.03. The Labute approximate surface area is 112 Å². The van der Waals surface area contributed by atoms with Crippen LogP contribution in [0.2, 0.25) is 0 Å². The number of aryl methyl sites for hydroxylation is 1. The highest BCUT2D eigenvalue weighted by atomic mass is 19.1. The van der Waals surface area contributed by atoms with E-state index >= 15 is 0 Å². The van der Waals surface area contributed by atoms with E-state index in [1.54, 1.807) is 13.2 Å². The Bertz CT molecular complexity index is 549. The van der Waals surface area contributed by atoms with Crippen LogP contribution < -0.4 is 4.74 Å². The number of hydrogen-bond donors (Lipinski definition) is 1. The second-order valence-electron chi connectivity index (χ2n) is 4.56. The van der Waals surface area contributed by atoms with Gasteiger partial charge in [0.2, 0.25) is 0 Å². The van der Waals surface area contributed by atoms with Gasteiger partial charge in [0.25, 0.3) is 0 Å². The topological polar surface area (TPSA) is 29.5 Å². The number of benzene rings is 2. The molecule has 0 spiro atoms. The zero-order valence-corrected chi connectivity index (χ0v) is 11.1. The first-order chi connectivity index (χ1) is 9.10. The van der Waals surface area contributed by atoms with Crippen LogP contribution in [0.25, 0.3) is 0 Å². The molecular weight excluding hydrogens is 243 g/mol. The standard InChI is InChI=1S/C16H17FO2/c1-11-9-14(17)6-3-13(11)10-16(18)12-4-7-15(19-2)8-5-12/h3-9,16,18H,10H2,1-2H3. The van der Waals surface area contributed by atoms with Gasteiger partial charge >= 0.3 is 0 Å². The van der Waals surface area contributed by atoms with Crippen molar-refractivity contribution in [2.45, 2.75) is 19.4 Å². The average molecular weight is 260 g/mol. The molecule has 3 heteroatoms. The summed E-state index contributed by atoms with van der Waals surface area (Å²) in [7, 11) is 1.60. The van der Waals surface area contributed by atoms with E-state index in [1.807, 2.05) is 31.2 Å². The highest BCUT2D eigenvalue weighted by Gasteiger charge is 2.10. The second-order valence-corrected chi connectivity index (χ2v) is 4.56. The minimum Gasteiger partial charge on any atom is -0.497 e. The van der Waals surface area contributed by atoms with Crippen LogP contribution in [-0.2, 0) is 6.42 Å². The highest BCUT2D eigenvalue weighted by molar-refractivity contribution is 5.32. The quantitative estimate of drug-likeness (QED) is 0.912. The van der Waals surface area contributed by atoms with Gasteiger partial charge in [-0.15, -0.1) is 0 Å². The molecule has 100 valence electrons. The van der Waals surface area contributed by atoms with Crippen LogP contribution in [-0.4, -0.2) is 12.2 Å². The summed E-state index contributed by atoms with van der Waals surface area (Å²) in [6.07, 6.45) is -0.131. The van der Waals surface area contributed by atoms with Crippen molar-refractivity contribution in [3.63, 3.8) is 0 Å². The summed E-state index contributed by atoms with van der Waals surface area (Å²) in [6, 6.07) is 11.9. The molecule has 0 saturated carbocycles. The highest BCUT2D eigenvalue weighted by Crippen LogP contribution is 2.22. The normalized spacial score (nSPS) is 12.2. The molecule has 0 aromatic heterocycles. The van der Waals surface area contributed by atoms with Gasteiger partial charge in [-0.3, -0.25) is 0 Å². The SMILES string of the molecule is COc1ccc(C(O)Cc2ccc(F)cc2C)cc1. The number of methoxy groups -OCH3 is 1. The number of rotatable bonds is 4. The first-order valence-corrected chi connectivity index (χ1v) is 6.17. The van der Waals surface area contributed by atoms with Crippen molar-refractivity contribution in [3.05, 3.63) is 65.0 Å². The van der Waals surface area contributed by atoms with Crippen molar-refractivity contribution in [2.24, 2.45) is 0 Å². The number of hydrogen-bond acceptors (Lipinski definition) is 2. The number of halogens is 1. The average Bonchev–Trinajstić information content (AvgIpc) is 2.42. The lowest BCUT2D eigenvalue weighted by Gasteiger charge is -2.13.